The van der Waals surface area contributed by atoms with Crippen molar-refractivity contribution in [2.75, 3.05) is 20.1 Å². The first-order chi connectivity index (χ1) is 6.79. The first-order valence-electron chi connectivity index (χ1n) is 6.47. The molecule has 0 aromatic heterocycles. The fourth-order valence-corrected chi connectivity index (χ4v) is 2.37. The zero-order valence-electron chi connectivity index (χ0n) is 10.1. The van der Waals surface area contributed by atoms with Gasteiger partial charge in [0.15, 0.2) is 0 Å². The van der Waals surface area contributed by atoms with Gasteiger partial charge in [0.1, 0.15) is 0 Å². The molecule has 1 unspecified atom stereocenters. The molecule has 0 N–H and O–H groups in total. The minimum atomic E-state index is 0.961. The van der Waals surface area contributed by atoms with Crippen molar-refractivity contribution in [2.45, 2.75) is 58.3 Å². The molecule has 0 bridgehead atoms. The molecule has 1 atom stereocenters. The molecule has 0 saturated carbocycles. The normalized spacial score (nSPS) is 29.1. The van der Waals surface area contributed by atoms with Gasteiger partial charge in [0.25, 0.3) is 0 Å². The van der Waals surface area contributed by atoms with Crippen LogP contribution < -0.4 is 0 Å². The predicted molar refractivity (Wildman–Crippen MR) is 63.6 cm³/mol. The first-order valence-corrected chi connectivity index (χ1v) is 6.47. The van der Waals surface area contributed by atoms with Gasteiger partial charge in [-0.25, -0.2) is 0 Å². The second-order valence-corrected chi connectivity index (χ2v) is 5.11. The molecule has 1 aliphatic heterocycles. The second-order valence-electron chi connectivity index (χ2n) is 5.11. The highest BCUT2D eigenvalue weighted by Gasteiger charge is 2.05. The zero-order chi connectivity index (χ0) is 10.2. The Morgan fingerprint density at radius 1 is 0.786 bits per heavy atom. The minimum Gasteiger partial charge on any atom is -0.306 e. The fraction of sp³-hybridized carbons (Fsp3) is 1.00. The summed E-state index contributed by atoms with van der Waals surface area (Å²) in [6.07, 6.45) is 11.5. The molecule has 0 aromatic rings. The van der Waals surface area contributed by atoms with Crippen LogP contribution in [-0.4, -0.2) is 25.0 Å². The van der Waals surface area contributed by atoms with Crippen molar-refractivity contribution < 1.29 is 0 Å². The zero-order valence-corrected chi connectivity index (χ0v) is 10.1. The molecule has 1 rings (SSSR count). The van der Waals surface area contributed by atoms with Crippen LogP contribution in [0.25, 0.3) is 0 Å². The number of rotatable bonds is 0. The topological polar surface area (TPSA) is 3.24 Å². The van der Waals surface area contributed by atoms with Gasteiger partial charge in [-0.05, 0) is 45.3 Å². The lowest BCUT2D eigenvalue weighted by atomic mass is 9.97. The molecule has 0 radical (unpaired) electrons. The van der Waals surface area contributed by atoms with E-state index < -0.39 is 0 Å². The summed E-state index contributed by atoms with van der Waals surface area (Å²) in [5.74, 6) is 0.961. The van der Waals surface area contributed by atoms with Crippen LogP contribution in [0.1, 0.15) is 58.3 Å². The Morgan fingerprint density at radius 2 is 1.36 bits per heavy atom. The van der Waals surface area contributed by atoms with E-state index in [2.05, 4.69) is 18.9 Å². The lowest BCUT2D eigenvalue weighted by Gasteiger charge is -2.19. The van der Waals surface area contributed by atoms with Crippen LogP contribution in [0.5, 0.6) is 0 Å². The summed E-state index contributed by atoms with van der Waals surface area (Å²) in [4.78, 5) is 2.51. The van der Waals surface area contributed by atoms with E-state index in [-0.39, 0.29) is 0 Å². The molecular weight excluding hydrogens is 170 g/mol. The molecule has 1 nitrogen and oxygen atoms in total. The molecule has 1 heterocycles. The van der Waals surface area contributed by atoms with E-state index in [1.165, 1.54) is 64.5 Å². The third kappa shape index (κ3) is 5.64. The van der Waals surface area contributed by atoms with Gasteiger partial charge in [-0.2, -0.15) is 0 Å². The van der Waals surface area contributed by atoms with Crippen molar-refractivity contribution >= 4 is 0 Å². The van der Waals surface area contributed by atoms with Crippen molar-refractivity contribution in [2.24, 2.45) is 5.92 Å². The number of nitrogens with zero attached hydrogens (tertiary/aromatic N) is 1. The van der Waals surface area contributed by atoms with Crippen LogP contribution in [0.15, 0.2) is 0 Å². The van der Waals surface area contributed by atoms with Crippen LogP contribution in [0.3, 0.4) is 0 Å². The van der Waals surface area contributed by atoms with Crippen molar-refractivity contribution in [1.82, 2.24) is 4.90 Å². The Labute approximate surface area is 89.9 Å². The van der Waals surface area contributed by atoms with E-state index in [1.807, 2.05) is 0 Å². The molecule has 0 aromatic carbocycles. The highest BCUT2D eigenvalue weighted by molar-refractivity contribution is 4.60. The summed E-state index contributed by atoms with van der Waals surface area (Å²) in [6, 6.07) is 0. The summed E-state index contributed by atoms with van der Waals surface area (Å²) in [7, 11) is 2.27. The predicted octanol–water partition coefficient (Wildman–Crippen LogP) is 3.69. The standard InChI is InChI=1S/C13H27N/c1-13-9-6-4-3-5-7-11-14(2)12-8-10-13/h13H,3-12H2,1-2H3. The van der Waals surface area contributed by atoms with Crippen molar-refractivity contribution in [3.05, 3.63) is 0 Å². The molecule has 0 amide bonds. The number of hydrogen-bond donors (Lipinski definition) is 0. The Balaban J connectivity index is 2.21. The second kappa shape index (κ2) is 7.28. The SMILES string of the molecule is CC1CCCCCCCN(C)CCC1. The third-order valence-corrected chi connectivity index (χ3v) is 3.47. The summed E-state index contributed by atoms with van der Waals surface area (Å²) >= 11 is 0. The molecule has 0 spiro atoms. The largest absolute Gasteiger partial charge is 0.306 e. The average Bonchev–Trinajstić information content (AvgIpc) is 2.14. The van der Waals surface area contributed by atoms with Crippen molar-refractivity contribution in [1.29, 1.82) is 0 Å². The summed E-state index contributed by atoms with van der Waals surface area (Å²) in [5.41, 5.74) is 0. The first kappa shape index (κ1) is 12.0. The van der Waals surface area contributed by atoms with Gasteiger partial charge in [0.2, 0.25) is 0 Å². The highest BCUT2D eigenvalue weighted by atomic mass is 15.1. The molecule has 1 heteroatoms. The Bertz CT molecular complexity index is 119. The van der Waals surface area contributed by atoms with E-state index in [4.69, 9.17) is 0 Å². The van der Waals surface area contributed by atoms with Gasteiger partial charge in [0.05, 0.1) is 0 Å². The van der Waals surface area contributed by atoms with Crippen LogP contribution >= 0.6 is 0 Å². The maximum absolute atomic E-state index is 2.51. The minimum absolute atomic E-state index is 0.961. The van der Waals surface area contributed by atoms with E-state index in [0.29, 0.717) is 0 Å². The van der Waals surface area contributed by atoms with Crippen LogP contribution in [0, 0.1) is 5.92 Å². The molecular formula is C13H27N. The van der Waals surface area contributed by atoms with Gasteiger partial charge in [-0.1, -0.05) is 39.0 Å². The molecule has 14 heavy (non-hydrogen) atoms. The van der Waals surface area contributed by atoms with Gasteiger partial charge in [-0.15, -0.1) is 0 Å². The molecule has 1 fully saturated rings. The van der Waals surface area contributed by atoms with Gasteiger partial charge in [-0.3, -0.25) is 0 Å². The molecule has 84 valence electrons. The Morgan fingerprint density at radius 3 is 2.21 bits per heavy atom. The van der Waals surface area contributed by atoms with Crippen LogP contribution in [-0.2, 0) is 0 Å². The van der Waals surface area contributed by atoms with E-state index >= 15 is 0 Å². The average molecular weight is 197 g/mol. The van der Waals surface area contributed by atoms with Gasteiger partial charge >= 0.3 is 0 Å². The highest BCUT2D eigenvalue weighted by Crippen LogP contribution is 2.17. The van der Waals surface area contributed by atoms with Crippen LogP contribution in [0.2, 0.25) is 0 Å². The van der Waals surface area contributed by atoms with Gasteiger partial charge in [0, 0.05) is 0 Å². The molecule has 1 saturated heterocycles. The fourth-order valence-electron chi connectivity index (χ4n) is 2.37. The van der Waals surface area contributed by atoms with Gasteiger partial charge < -0.3 is 4.90 Å². The Kier molecular flexibility index (Phi) is 6.25. The maximum Gasteiger partial charge on any atom is -0.00217 e. The summed E-state index contributed by atoms with van der Waals surface area (Å²) in [6.45, 7) is 5.05. The summed E-state index contributed by atoms with van der Waals surface area (Å²) in [5, 5.41) is 0. The van der Waals surface area contributed by atoms with E-state index in [0.717, 1.165) is 5.92 Å². The number of hydrogen-bond acceptors (Lipinski definition) is 1. The lowest BCUT2D eigenvalue weighted by molar-refractivity contribution is 0.297. The van der Waals surface area contributed by atoms with Crippen LogP contribution in [0.4, 0.5) is 0 Å². The van der Waals surface area contributed by atoms with Crippen molar-refractivity contribution in [3.63, 3.8) is 0 Å². The lowest BCUT2D eigenvalue weighted by Crippen LogP contribution is -2.21. The quantitative estimate of drug-likeness (QED) is 0.572. The Hall–Kier alpha value is -0.0400. The molecule has 0 aliphatic carbocycles. The smallest absolute Gasteiger partial charge is 0.00217 e. The molecule has 1 aliphatic rings. The summed E-state index contributed by atoms with van der Waals surface area (Å²) < 4.78 is 0. The van der Waals surface area contributed by atoms with Crippen molar-refractivity contribution in [3.8, 4) is 0 Å². The third-order valence-electron chi connectivity index (χ3n) is 3.47. The van der Waals surface area contributed by atoms with E-state index in [1.54, 1.807) is 0 Å². The monoisotopic (exact) mass is 197 g/mol. The van der Waals surface area contributed by atoms with E-state index in [9.17, 15) is 0 Å². The maximum atomic E-state index is 2.51.